The summed E-state index contributed by atoms with van der Waals surface area (Å²) in [7, 11) is 1.53. The zero-order valence-corrected chi connectivity index (χ0v) is 18.2. The van der Waals surface area contributed by atoms with Crippen molar-refractivity contribution in [3.05, 3.63) is 35.4 Å². The third kappa shape index (κ3) is 7.73. The molecule has 0 saturated heterocycles. The molecule has 0 heterocycles. The predicted molar refractivity (Wildman–Crippen MR) is 99.5 cm³/mol. The van der Waals surface area contributed by atoms with Crippen LogP contribution in [0, 0.1) is 0 Å². The number of nitrogens with one attached hydrogen (secondary N) is 2. The Balaban J connectivity index is 0.000000776. The number of hydrogen-bond acceptors (Lipinski definition) is 8. The van der Waals surface area contributed by atoms with E-state index in [1.165, 1.54) is 21.9 Å². The molecule has 0 aromatic heterocycles. The number of carbonyl (C=O) groups is 2. The number of Topliss-reactive ketones (excluding diaryl/α,β-unsaturated/α-hetero) is 2. The fourth-order valence-corrected chi connectivity index (χ4v) is 4.51. The van der Waals surface area contributed by atoms with Crippen LogP contribution in [0.1, 0.15) is 20.7 Å². The lowest BCUT2D eigenvalue weighted by molar-refractivity contribution is -0.836. The highest BCUT2D eigenvalue weighted by atomic mass is 32.2. The fourth-order valence-electron chi connectivity index (χ4n) is 2.06. The van der Waals surface area contributed by atoms with Crippen molar-refractivity contribution in [2.24, 2.45) is 0 Å². The van der Waals surface area contributed by atoms with E-state index in [1.807, 2.05) is 0 Å². The molecule has 0 radical (unpaired) electrons. The van der Waals surface area contributed by atoms with Crippen LogP contribution in [0.5, 0.6) is 0 Å². The molecule has 1 aromatic rings. The van der Waals surface area contributed by atoms with Gasteiger partial charge in [-0.05, 0) is 0 Å². The second-order valence-corrected chi connectivity index (χ2v) is 10.1. The topological polar surface area (TPSA) is 157 Å². The Hall–Kier alpha value is -1.70. The SMILES string of the molecule is C[NH+](C)C.C[NH+](C)C.O=C1c2ccccc2C(=O)C(S(=O)(=O)[O-])C1S(=O)(=O)[O-]. The van der Waals surface area contributed by atoms with Gasteiger partial charge < -0.3 is 18.9 Å². The first-order valence-corrected chi connectivity index (χ1v) is 11.1. The van der Waals surface area contributed by atoms with Crippen LogP contribution in [0.4, 0.5) is 0 Å². The van der Waals surface area contributed by atoms with Crippen LogP contribution in [-0.2, 0) is 20.2 Å². The summed E-state index contributed by atoms with van der Waals surface area (Å²) in [6.07, 6.45) is 0. The van der Waals surface area contributed by atoms with Gasteiger partial charge in [0.05, 0.1) is 42.3 Å². The van der Waals surface area contributed by atoms with Crippen molar-refractivity contribution in [1.29, 1.82) is 0 Å². The minimum absolute atomic E-state index is 0.387. The average Bonchev–Trinajstić information content (AvgIpc) is 2.47. The Morgan fingerprint density at radius 1 is 0.679 bits per heavy atom. The average molecular weight is 439 g/mol. The first-order valence-electron chi connectivity index (χ1n) is 8.12. The van der Waals surface area contributed by atoms with Gasteiger partial charge in [-0.2, -0.15) is 0 Å². The number of benzene rings is 1. The van der Waals surface area contributed by atoms with E-state index in [1.54, 1.807) is 0 Å². The molecule has 2 rings (SSSR count). The van der Waals surface area contributed by atoms with Crippen LogP contribution in [0.25, 0.3) is 0 Å². The van der Waals surface area contributed by atoms with Gasteiger partial charge in [0.2, 0.25) is 0 Å². The number of hydrogen-bond donors (Lipinski definition) is 2. The van der Waals surface area contributed by atoms with E-state index < -0.39 is 42.3 Å². The van der Waals surface area contributed by atoms with Gasteiger partial charge >= 0.3 is 0 Å². The predicted octanol–water partition coefficient (Wildman–Crippen LogP) is -3.59. The molecule has 2 unspecified atom stereocenters. The van der Waals surface area contributed by atoms with Gasteiger partial charge in [0, 0.05) is 11.1 Å². The molecule has 0 spiro atoms. The Bertz CT molecular complexity index is 828. The summed E-state index contributed by atoms with van der Waals surface area (Å²) in [6, 6.07) is 4.79. The quantitative estimate of drug-likeness (QED) is 0.449. The molecular formula is C16H26N2O8S2. The van der Waals surface area contributed by atoms with E-state index in [9.17, 15) is 35.5 Å². The molecule has 2 N–H and O–H groups in total. The maximum absolute atomic E-state index is 11.9. The number of ketones is 2. The fraction of sp³-hybridized carbons (Fsp3) is 0.500. The molecular weight excluding hydrogens is 412 g/mol. The molecule has 1 aliphatic carbocycles. The zero-order valence-electron chi connectivity index (χ0n) is 16.5. The van der Waals surface area contributed by atoms with Crippen molar-refractivity contribution in [3.63, 3.8) is 0 Å². The second-order valence-electron chi connectivity index (χ2n) is 7.10. The molecule has 1 aliphatic rings. The third-order valence-electron chi connectivity index (χ3n) is 2.87. The molecule has 10 nitrogen and oxygen atoms in total. The normalized spacial score (nSPS) is 19.4. The van der Waals surface area contributed by atoms with Crippen molar-refractivity contribution in [2.75, 3.05) is 42.3 Å². The largest absolute Gasteiger partial charge is 0.747 e. The smallest absolute Gasteiger partial charge is 0.182 e. The molecule has 0 amide bonds. The number of carbonyl (C=O) groups excluding carboxylic acids is 2. The van der Waals surface area contributed by atoms with Crippen LogP contribution in [0.3, 0.4) is 0 Å². The van der Waals surface area contributed by atoms with Crippen LogP contribution in [-0.4, -0.2) is 90.3 Å². The third-order valence-corrected chi connectivity index (χ3v) is 5.26. The molecule has 28 heavy (non-hydrogen) atoms. The summed E-state index contributed by atoms with van der Waals surface area (Å²) in [5, 5.41) is -5.49. The lowest BCUT2D eigenvalue weighted by Gasteiger charge is -2.33. The van der Waals surface area contributed by atoms with Gasteiger partial charge in [0.1, 0.15) is 30.7 Å². The van der Waals surface area contributed by atoms with E-state index >= 15 is 0 Å². The highest BCUT2D eigenvalue weighted by Crippen LogP contribution is 2.29. The summed E-state index contributed by atoms with van der Waals surface area (Å²) in [4.78, 5) is 26.7. The molecule has 1 aromatic carbocycles. The first kappa shape index (κ1) is 26.3. The maximum Gasteiger partial charge on any atom is 0.182 e. The molecule has 0 fully saturated rings. The van der Waals surface area contributed by atoms with Gasteiger partial charge in [0.15, 0.2) is 11.6 Å². The molecule has 0 aliphatic heterocycles. The maximum atomic E-state index is 11.9. The van der Waals surface area contributed by atoms with E-state index in [4.69, 9.17) is 0 Å². The summed E-state index contributed by atoms with van der Waals surface area (Å²) in [6.45, 7) is 0. The lowest BCUT2D eigenvalue weighted by Crippen LogP contribution is -3.02. The Morgan fingerprint density at radius 2 is 0.893 bits per heavy atom. The lowest BCUT2D eigenvalue weighted by atomic mass is 9.89. The summed E-state index contributed by atoms with van der Waals surface area (Å²) in [5.74, 6) is -2.72. The van der Waals surface area contributed by atoms with Gasteiger partial charge in [-0.1, -0.05) is 24.3 Å². The second kappa shape index (κ2) is 10.2. The van der Waals surface area contributed by atoms with E-state index in [0.717, 1.165) is 12.1 Å². The van der Waals surface area contributed by atoms with Crippen molar-refractivity contribution in [3.8, 4) is 0 Å². The van der Waals surface area contributed by atoms with Crippen molar-refractivity contribution >= 4 is 31.8 Å². The zero-order chi connectivity index (χ0) is 22.4. The standard InChI is InChI=1S/C10H8O8S2.2C3H9N/c11-7-5-3-1-2-4-6(5)8(12)10(20(16,17)18)9(7)19(13,14)15;2*1-4(2)3/h1-4,9-10H,(H,13,14,15)(H,16,17,18);2*1-3H3. The summed E-state index contributed by atoms with van der Waals surface area (Å²) >= 11 is 0. The summed E-state index contributed by atoms with van der Waals surface area (Å²) in [5.41, 5.74) is -0.774. The van der Waals surface area contributed by atoms with E-state index in [2.05, 4.69) is 42.3 Å². The summed E-state index contributed by atoms with van der Waals surface area (Å²) < 4.78 is 66.5. The van der Waals surface area contributed by atoms with E-state index in [-0.39, 0.29) is 11.1 Å². The highest BCUT2D eigenvalue weighted by molar-refractivity contribution is 7.91. The Morgan fingerprint density at radius 3 is 1.07 bits per heavy atom. The minimum atomic E-state index is -5.48. The number of quaternary nitrogens is 2. The molecule has 12 heteroatoms. The van der Waals surface area contributed by atoms with Gasteiger partial charge in [-0.15, -0.1) is 0 Å². The van der Waals surface area contributed by atoms with Crippen molar-refractivity contribution in [1.82, 2.24) is 0 Å². The van der Waals surface area contributed by atoms with Gasteiger partial charge in [-0.3, -0.25) is 9.59 Å². The van der Waals surface area contributed by atoms with Gasteiger partial charge in [-0.25, -0.2) is 16.8 Å². The Kier molecular flexibility index (Phi) is 9.57. The van der Waals surface area contributed by atoms with Crippen LogP contribution < -0.4 is 9.80 Å². The van der Waals surface area contributed by atoms with Crippen LogP contribution in [0.2, 0.25) is 0 Å². The first-order chi connectivity index (χ1) is 12.5. The molecule has 160 valence electrons. The minimum Gasteiger partial charge on any atom is -0.747 e. The number of rotatable bonds is 2. The van der Waals surface area contributed by atoms with Crippen molar-refractivity contribution in [2.45, 2.75) is 10.5 Å². The molecule has 0 saturated carbocycles. The van der Waals surface area contributed by atoms with Crippen LogP contribution in [0.15, 0.2) is 24.3 Å². The van der Waals surface area contributed by atoms with E-state index in [0.29, 0.717) is 0 Å². The Labute approximate surface area is 165 Å². The highest BCUT2D eigenvalue weighted by Gasteiger charge is 2.48. The molecule has 2 atom stereocenters. The monoisotopic (exact) mass is 438 g/mol. The van der Waals surface area contributed by atoms with Gasteiger partial charge in [0.25, 0.3) is 0 Å². The molecule has 0 bridgehead atoms. The number of fused-ring (bicyclic) bond motifs is 1. The van der Waals surface area contributed by atoms with Crippen LogP contribution >= 0.6 is 0 Å². The van der Waals surface area contributed by atoms with Crippen molar-refractivity contribution < 1.29 is 45.3 Å².